The van der Waals surface area contributed by atoms with Gasteiger partial charge in [0.25, 0.3) is 5.95 Å². The van der Waals surface area contributed by atoms with E-state index in [0.717, 1.165) is 11.1 Å². The van der Waals surface area contributed by atoms with Gasteiger partial charge in [0, 0.05) is 23.6 Å². The van der Waals surface area contributed by atoms with Gasteiger partial charge in [-0.1, -0.05) is 12.1 Å². The van der Waals surface area contributed by atoms with Crippen LogP contribution in [0.15, 0.2) is 48.9 Å². The van der Waals surface area contributed by atoms with Crippen molar-refractivity contribution < 1.29 is 0 Å². The average molecular weight is 262 g/mol. The third-order valence-corrected chi connectivity index (χ3v) is 2.76. The molecule has 0 aliphatic heterocycles. The fourth-order valence-corrected chi connectivity index (χ4v) is 1.82. The molecule has 20 heavy (non-hydrogen) atoms. The molecule has 96 valence electrons. The van der Waals surface area contributed by atoms with E-state index in [-0.39, 0.29) is 0 Å². The second-order valence-corrected chi connectivity index (χ2v) is 4.15. The van der Waals surface area contributed by atoms with E-state index >= 15 is 0 Å². The molecule has 0 unspecified atom stereocenters. The van der Waals surface area contributed by atoms with E-state index in [0.29, 0.717) is 17.3 Å². The van der Waals surface area contributed by atoms with Crippen LogP contribution in [0, 0.1) is 11.3 Å². The SMILES string of the molecule is N#Cc1ccnc(-n2cc(-c3cccc(N)c3)cn2)n1. The smallest absolute Gasteiger partial charge is 0.251 e. The molecule has 0 saturated carbocycles. The van der Waals surface area contributed by atoms with Gasteiger partial charge in [-0.2, -0.15) is 10.4 Å². The summed E-state index contributed by atoms with van der Waals surface area (Å²) in [4.78, 5) is 8.19. The first-order chi connectivity index (χ1) is 9.76. The van der Waals surface area contributed by atoms with Crippen LogP contribution in [0.4, 0.5) is 5.69 Å². The van der Waals surface area contributed by atoms with E-state index in [1.165, 1.54) is 10.9 Å². The van der Waals surface area contributed by atoms with Crippen LogP contribution in [0.5, 0.6) is 0 Å². The Morgan fingerprint density at radius 2 is 2.10 bits per heavy atom. The second kappa shape index (κ2) is 4.82. The third-order valence-electron chi connectivity index (χ3n) is 2.76. The van der Waals surface area contributed by atoms with Crippen LogP contribution in [-0.2, 0) is 0 Å². The van der Waals surface area contributed by atoms with E-state index in [2.05, 4.69) is 15.1 Å². The summed E-state index contributed by atoms with van der Waals surface area (Å²) in [6.07, 6.45) is 5.03. The minimum atomic E-state index is 0.302. The maximum absolute atomic E-state index is 8.84. The predicted octanol–water partition coefficient (Wildman–Crippen LogP) is 1.78. The topological polar surface area (TPSA) is 93.4 Å². The van der Waals surface area contributed by atoms with Crippen molar-refractivity contribution in [2.45, 2.75) is 0 Å². The normalized spacial score (nSPS) is 10.2. The summed E-state index contributed by atoms with van der Waals surface area (Å²) in [5.41, 5.74) is 8.63. The van der Waals surface area contributed by atoms with E-state index in [1.54, 1.807) is 18.5 Å². The highest BCUT2D eigenvalue weighted by atomic mass is 15.3. The van der Waals surface area contributed by atoms with Gasteiger partial charge in [-0.25, -0.2) is 14.6 Å². The minimum absolute atomic E-state index is 0.302. The molecular weight excluding hydrogens is 252 g/mol. The molecule has 6 heteroatoms. The van der Waals surface area contributed by atoms with Gasteiger partial charge < -0.3 is 5.73 Å². The van der Waals surface area contributed by atoms with Gasteiger partial charge in [0.2, 0.25) is 0 Å². The van der Waals surface area contributed by atoms with Crippen LogP contribution in [0.3, 0.4) is 0 Å². The van der Waals surface area contributed by atoms with Gasteiger partial charge in [0.1, 0.15) is 11.8 Å². The van der Waals surface area contributed by atoms with Crippen LogP contribution in [0.1, 0.15) is 5.69 Å². The van der Waals surface area contributed by atoms with E-state index in [9.17, 15) is 0 Å². The molecule has 0 bridgehead atoms. The Hall–Kier alpha value is -3.20. The first-order valence-electron chi connectivity index (χ1n) is 5.90. The van der Waals surface area contributed by atoms with Gasteiger partial charge >= 0.3 is 0 Å². The van der Waals surface area contributed by atoms with Crippen molar-refractivity contribution in [2.24, 2.45) is 0 Å². The number of nitriles is 1. The van der Waals surface area contributed by atoms with Crippen LogP contribution in [0.25, 0.3) is 17.1 Å². The molecule has 0 saturated heterocycles. The number of hydrogen-bond acceptors (Lipinski definition) is 5. The van der Waals surface area contributed by atoms with Crippen LogP contribution >= 0.6 is 0 Å². The number of anilines is 1. The maximum atomic E-state index is 8.84. The second-order valence-electron chi connectivity index (χ2n) is 4.15. The molecule has 0 fully saturated rings. The summed E-state index contributed by atoms with van der Waals surface area (Å²) in [6, 6.07) is 11.0. The number of nitrogen functional groups attached to an aromatic ring is 1. The van der Waals surface area contributed by atoms with E-state index in [4.69, 9.17) is 11.0 Å². The van der Waals surface area contributed by atoms with Gasteiger partial charge in [-0.05, 0) is 23.8 Å². The van der Waals surface area contributed by atoms with Crippen molar-refractivity contribution in [1.29, 1.82) is 5.26 Å². The minimum Gasteiger partial charge on any atom is -0.399 e. The average Bonchev–Trinajstić information content (AvgIpc) is 2.97. The quantitative estimate of drug-likeness (QED) is 0.710. The molecule has 2 aromatic heterocycles. The number of aromatic nitrogens is 4. The van der Waals surface area contributed by atoms with Gasteiger partial charge in [-0.15, -0.1) is 0 Å². The number of nitrogens with zero attached hydrogens (tertiary/aromatic N) is 5. The Kier molecular flexibility index (Phi) is 2.86. The van der Waals surface area contributed by atoms with Crippen molar-refractivity contribution in [3.63, 3.8) is 0 Å². The van der Waals surface area contributed by atoms with Crippen molar-refractivity contribution >= 4 is 5.69 Å². The van der Waals surface area contributed by atoms with Crippen molar-refractivity contribution in [3.05, 3.63) is 54.6 Å². The number of benzene rings is 1. The fourth-order valence-electron chi connectivity index (χ4n) is 1.82. The lowest BCUT2D eigenvalue weighted by molar-refractivity contribution is 0.805. The van der Waals surface area contributed by atoms with Crippen LogP contribution in [-0.4, -0.2) is 19.7 Å². The van der Waals surface area contributed by atoms with Gasteiger partial charge in [0.05, 0.1) is 6.20 Å². The molecule has 2 N–H and O–H groups in total. The number of nitrogens with two attached hydrogens (primary N) is 1. The zero-order valence-corrected chi connectivity index (χ0v) is 10.4. The Morgan fingerprint density at radius 3 is 2.90 bits per heavy atom. The molecule has 3 rings (SSSR count). The summed E-state index contributed by atoms with van der Waals surface area (Å²) in [6.45, 7) is 0. The van der Waals surface area contributed by atoms with E-state index in [1.807, 2.05) is 30.3 Å². The summed E-state index contributed by atoms with van der Waals surface area (Å²) in [5.74, 6) is 0.360. The molecule has 2 heterocycles. The fraction of sp³-hybridized carbons (Fsp3) is 0. The lowest BCUT2D eigenvalue weighted by Crippen LogP contribution is -2.01. The molecule has 0 spiro atoms. The Balaban J connectivity index is 2.00. The van der Waals surface area contributed by atoms with Crippen molar-refractivity contribution in [1.82, 2.24) is 19.7 Å². The van der Waals surface area contributed by atoms with Gasteiger partial charge in [-0.3, -0.25) is 0 Å². The summed E-state index contributed by atoms with van der Waals surface area (Å²) < 4.78 is 1.53. The standard InChI is InChI=1S/C14H10N6/c15-7-13-4-5-17-14(19-13)20-9-11(8-18-20)10-2-1-3-12(16)6-10/h1-6,8-9H,16H2. The lowest BCUT2D eigenvalue weighted by Gasteiger charge is -1.99. The number of hydrogen-bond donors (Lipinski definition) is 1. The molecule has 0 aliphatic rings. The lowest BCUT2D eigenvalue weighted by atomic mass is 10.1. The summed E-state index contributed by atoms with van der Waals surface area (Å²) >= 11 is 0. The zero-order valence-electron chi connectivity index (χ0n) is 10.4. The Bertz CT molecular complexity index is 799. The molecule has 0 amide bonds. The molecule has 0 radical (unpaired) electrons. The highest BCUT2D eigenvalue weighted by Gasteiger charge is 2.06. The Labute approximate surface area is 115 Å². The highest BCUT2D eigenvalue weighted by molar-refractivity contribution is 5.66. The molecule has 3 aromatic rings. The third kappa shape index (κ3) is 2.20. The van der Waals surface area contributed by atoms with E-state index < -0.39 is 0 Å². The predicted molar refractivity (Wildman–Crippen MR) is 73.7 cm³/mol. The molecule has 0 atom stereocenters. The first kappa shape index (κ1) is 11.9. The van der Waals surface area contributed by atoms with Crippen molar-refractivity contribution in [3.8, 4) is 23.1 Å². The first-order valence-corrected chi connectivity index (χ1v) is 5.90. The summed E-state index contributed by atoms with van der Waals surface area (Å²) in [7, 11) is 0. The molecule has 1 aromatic carbocycles. The van der Waals surface area contributed by atoms with Crippen LogP contribution < -0.4 is 5.73 Å². The van der Waals surface area contributed by atoms with Gasteiger partial charge in [0.15, 0.2) is 0 Å². The molecule has 6 nitrogen and oxygen atoms in total. The largest absolute Gasteiger partial charge is 0.399 e. The van der Waals surface area contributed by atoms with Crippen LogP contribution in [0.2, 0.25) is 0 Å². The molecule has 0 aliphatic carbocycles. The maximum Gasteiger partial charge on any atom is 0.251 e. The summed E-state index contributed by atoms with van der Waals surface area (Å²) in [5, 5.41) is 13.0. The monoisotopic (exact) mass is 262 g/mol. The Morgan fingerprint density at radius 1 is 1.20 bits per heavy atom. The number of rotatable bonds is 2. The highest BCUT2D eigenvalue weighted by Crippen LogP contribution is 2.21. The zero-order chi connectivity index (χ0) is 13.9. The molecular formula is C14H10N6. The van der Waals surface area contributed by atoms with Crippen molar-refractivity contribution in [2.75, 3.05) is 5.73 Å².